The lowest BCUT2D eigenvalue weighted by Gasteiger charge is -2.27. The van der Waals surface area contributed by atoms with Crippen molar-refractivity contribution in [2.45, 2.75) is 31.0 Å². The monoisotopic (exact) mass is 195 g/mol. The molecule has 2 heterocycles. The fraction of sp³-hybridized carbons (Fsp3) is 0.667. The van der Waals surface area contributed by atoms with Crippen LogP contribution in [-0.4, -0.2) is 24.2 Å². The molecule has 0 spiro atoms. The molecule has 5 heteroatoms. The van der Waals surface area contributed by atoms with Gasteiger partial charge in [-0.05, 0) is 25.5 Å². The summed E-state index contributed by atoms with van der Waals surface area (Å²) in [6, 6.07) is 0.472. The summed E-state index contributed by atoms with van der Waals surface area (Å²) in [6.07, 6.45) is 6.84. The van der Waals surface area contributed by atoms with Crippen molar-refractivity contribution in [3.05, 3.63) is 12.3 Å². The number of hydrogen-bond donors (Lipinski definition) is 4. The Kier molecular flexibility index (Phi) is 2.43. The average Bonchev–Trinajstić information content (AvgIpc) is 2.55. The standard InChI is InChI=1S/C9H17N5/c10-8-13-5-3-9(11,14-8)6-7-2-1-4-12-7/h3,5,7,12H,1-2,4,6,11H2,(H3,10,13,14). The minimum atomic E-state index is -0.628. The second-order valence-electron chi connectivity index (χ2n) is 3.96. The molecule has 6 N–H and O–H groups in total. The Morgan fingerprint density at radius 3 is 3.14 bits per heavy atom. The van der Waals surface area contributed by atoms with Gasteiger partial charge in [-0.15, -0.1) is 0 Å². The van der Waals surface area contributed by atoms with E-state index in [4.69, 9.17) is 11.5 Å². The highest BCUT2D eigenvalue weighted by atomic mass is 15.2. The summed E-state index contributed by atoms with van der Waals surface area (Å²) in [5, 5.41) is 6.21. The van der Waals surface area contributed by atoms with Crippen LogP contribution < -0.4 is 22.1 Å². The maximum atomic E-state index is 6.10. The summed E-state index contributed by atoms with van der Waals surface area (Å²) >= 11 is 0. The third-order valence-corrected chi connectivity index (χ3v) is 2.67. The van der Waals surface area contributed by atoms with Crippen LogP contribution in [0.3, 0.4) is 0 Å². The van der Waals surface area contributed by atoms with E-state index >= 15 is 0 Å². The molecule has 0 amide bonds. The minimum Gasteiger partial charge on any atom is -0.370 e. The number of hydrogen-bond acceptors (Lipinski definition) is 5. The van der Waals surface area contributed by atoms with Crippen LogP contribution in [0.5, 0.6) is 0 Å². The number of aliphatic imine (C=N–C) groups is 1. The third kappa shape index (κ3) is 2.05. The van der Waals surface area contributed by atoms with Crippen LogP contribution in [0, 0.1) is 0 Å². The summed E-state index contributed by atoms with van der Waals surface area (Å²) in [4.78, 5) is 4.21. The molecule has 2 rings (SSSR count). The van der Waals surface area contributed by atoms with E-state index < -0.39 is 5.66 Å². The van der Waals surface area contributed by atoms with E-state index in [9.17, 15) is 0 Å². The van der Waals surface area contributed by atoms with Gasteiger partial charge in [0.25, 0.3) is 0 Å². The number of nitrogens with zero attached hydrogens (tertiary/aromatic N) is 1. The lowest BCUT2D eigenvalue weighted by atomic mass is 10.00. The normalized spacial score (nSPS) is 36.6. The van der Waals surface area contributed by atoms with Gasteiger partial charge in [0.05, 0.1) is 0 Å². The average molecular weight is 195 g/mol. The molecule has 0 radical (unpaired) electrons. The molecule has 5 nitrogen and oxygen atoms in total. The van der Waals surface area contributed by atoms with Gasteiger partial charge in [0.2, 0.25) is 0 Å². The first-order valence-electron chi connectivity index (χ1n) is 5.00. The van der Waals surface area contributed by atoms with Crippen molar-refractivity contribution >= 4 is 5.96 Å². The number of rotatable bonds is 2. The van der Waals surface area contributed by atoms with Gasteiger partial charge in [-0.1, -0.05) is 0 Å². The van der Waals surface area contributed by atoms with Crippen molar-refractivity contribution in [1.29, 1.82) is 0 Å². The van der Waals surface area contributed by atoms with Gasteiger partial charge < -0.3 is 22.1 Å². The molecule has 0 saturated carbocycles. The highest BCUT2D eigenvalue weighted by Gasteiger charge is 2.29. The Balaban J connectivity index is 2.00. The first-order chi connectivity index (χ1) is 6.68. The van der Waals surface area contributed by atoms with Gasteiger partial charge in [-0.3, -0.25) is 0 Å². The molecule has 0 aromatic heterocycles. The van der Waals surface area contributed by atoms with Crippen LogP contribution in [0.15, 0.2) is 17.3 Å². The Labute approximate surface area is 83.6 Å². The predicted molar refractivity (Wildman–Crippen MR) is 56.5 cm³/mol. The molecular formula is C9H17N5. The van der Waals surface area contributed by atoms with E-state index in [0.717, 1.165) is 13.0 Å². The zero-order chi connectivity index (χ0) is 10.0. The Morgan fingerprint density at radius 1 is 1.64 bits per heavy atom. The van der Waals surface area contributed by atoms with Gasteiger partial charge in [-0.2, -0.15) is 0 Å². The highest BCUT2D eigenvalue weighted by molar-refractivity contribution is 5.80. The molecule has 1 fully saturated rings. The fourth-order valence-corrected chi connectivity index (χ4v) is 2.00. The summed E-state index contributed by atoms with van der Waals surface area (Å²) < 4.78 is 0. The van der Waals surface area contributed by atoms with E-state index in [2.05, 4.69) is 15.6 Å². The van der Waals surface area contributed by atoms with Crippen LogP contribution in [0.4, 0.5) is 0 Å². The van der Waals surface area contributed by atoms with Crippen LogP contribution in [0.2, 0.25) is 0 Å². The first kappa shape index (κ1) is 9.48. The van der Waals surface area contributed by atoms with Gasteiger partial charge >= 0.3 is 0 Å². The van der Waals surface area contributed by atoms with Crippen molar-refractivity contribution in [2.24, 2.45) is 16.5 Å². The zero-order valence-corrected chi connectivity index (χ0v) is 8.16. The largest absolute Gasteiger partial charge is 0.370 e. The van der Waals surface area contributed by atoms with Crippen molar-refractivity contribution in [3.63, 3.8) is 0 Å². The van der Waals surface area contributed by atoms with E-state index in [0.29, 0.717) is 12.0 Å². The Morgan fingerprint density at radius 2 is 2.50 bits per heavy atom. The lowest BCUT2D eigenvalue weighted by Crippen LogP contribution is -2.47. The van der Waals surface area contributed by atoms with Crippen molar-refractivity contribution in [3.8, 4) is 0 Å². The maximum Gasteiger partial charge on any atom is 0.194 e. The predicted octanol–water partition coefficient (Wildman–Crippen LogP) is -0.785. The van der Waals surface area contributed by atoms with E-state index in [1.807, 2.05) is 6.08 Å². The summed E-state index contributed by atoms with van der Waals surface area (Å²) in [6.45, 7) is 1.09. The molecule has 14 heavy (non-hydrogen) atoms. The fourth-order valence-electron chi connectivity index (χ4n) is 2.00. The SMILES string of the molecule is NC1=NC(N)(CC2CCCN2)C=CN1. The molecule has 2 aliphatic rings. The summed E-state index contributed by atoms with van der Waals surface area (Å²) in [5.74, 6) is 0.396. The van der Waals surface area contributed by atoms with Gasteiger partial charge in [0, 0.05) is 18.7 Å². The van der Waals surface area contributed by atoms with Crippen molar-refractivity contribution < 1.29 is 0 Å². The summed E-state index contributed by atoms with van der Waals surface area (Å²) in [7, 11) is 0. The maximum absolute atomic E-state index is 6.10. The van der Waals surface area contributed by atoms with Gasteiger partial charge in [0.1, 0.15) is 5.66 Å². The van der Waals surface area contributed by atoms with Gasteiger partial charge in [-0.25, -0.2) is 4.99 Å². The van der Waals surface area contributed by atoms with Crippen LogP contribution in [0.25, 0.3) is 0 Å². The second kappa shape index (κ2) is 3.59. The van der Waals surface area contributed by atoms with E-state index in [1.165, 1.54) is 12.8 Å². The number of nitrogens with two attached hydrogens (primary N) is 2. The molecule has 0 aromatic rings. The second-order valence-corrected chi connectivity index (χ2v) is 3.96. The van der Waals surface area contributed by atoms with Gasteiger partial charge in [0.15, 0.2) is 5.96 Å². The van der Waals surface area contributed by atoms with Crippen LogP contribution in [-0.2, 0) is 0 Å². The number of nitrogens with one attached hydrogen (secondary N) is 2. The zero-order valence-electron chi connectivity index (χ0n) is 8.16. The van der Waals surface area contributed by atoms with Crippen LogP contribution in [0.1, 0.15) is 19.3 Å². The minimum absolute atomic E-state index is 0.396. The topological polar surface area (TPSA) is 88.5 Å². The molecule has 1 saturated heterocycles. The molecule has 0 aliphatic carbocycles. The molecule has 0 bridgehead atoms. The number of guanidine groups is 1. The van der Waals surface area contributed by atoms with Crippen molar-refractivity contribution in [1.82, 2.24) is 10.6 Å². The quantitative estimate of drug-likeness (QED) is 0.465. The third-order valence-electron chi connectivity index (χ3n) is 2.67. The van der Waals surface area contributed by atoms with E-state index in [-0.39, 0.29) is 0 Å². The Bertz CT molecular complexity index is 266. The van der Waals surface area contributed by atoms with Crippen LogP contribution >= 0.6 is 0 Å². The molecule has 2 aliphatic heterocycles. The molecule has 78 valence electrons. The smallest absolute Gasteiger partial charge is 0.194 e. The summed E-state index contributed by atoms with van der Waals surface area (Å²) in [5.41, 5.74) is 11.0. The molecular weight excluding hydrogens is 178 g/mol. The molecule has 2 atom stereocenters. The first-order valence-corrected chi connectivity index (χ1v) is 5.00. The molecule has 2 unspecified atom stereocenters. The molecule has 0 aromatic carbocycles. The Hall–Kier alpha value is -1.07. The van der Waals surface area contributed by atoms with Crippen molar-refractivity contribution in [2.75, 3.05) is 6.54 Å². The van der Waals surface area contributed by atoms with E-state index in [1.54, 1.807) is 6.20 Å². The highest BCUT2D eigenvalue weighted by Crippen LogP contribution is 2.20. The lowest BCUT2D eigenvalue weighted by molar-refractivity contribution is 0.418.